The third-order valence-corrected chi connectivity index (χ3v) is 2.35. The average molecular weight is 382 g/mol. The first-order valence-corrected chi connectivity index (χ1v) is 4.71. The summed E-state index contributed by atoms with van der Waals surface area (Å²) in [5.41, 5.74) is 0. The molecule has 23 heavy (non-hydrogen) atoms. The summed E-state index contributed by atoms with van der Waals surface area (Å²) in [6.45, 7) is 0. The van der Waals surface area contributed by atoms with Crippen LogP contribution < -0.4 is 0 Å². The van der Waals surface area contributed by atoms with Crippen molar-refractivity contribution in [1.82, 2.24) is 0 Å². The van der Waals surface area contributed by atoms with E-state index in [2.05, 4.69) is 4.74 Å². The van der Waals surface area contributed by atoms with Gasteiger partial charge in [-0.3, -0.25) is 4.74 Å². The van der Waals surface area contributed by atoms with E-state index in [-0.39, 0.29) is 0 Å². The predicted molar refractivity (Wildman–Crippen MR) is 36.8 cm³/mol. The lowest BCUT2D eigenvalue weighted by Gasteiger charge is -2.34. The lowest BCUT2D eigenvalue weighted by molar-refractivity contribution is -0.494. The molecule has 138 valence electrons. The molecule has 1 atom stereocenters. The van der Waals surface area contributed by atoms with Gasteiger partial charge in [0.15, 0.2) is 0 Å². The van der Waals surface area contributed by atoms with Crippen LogP contribution in [0.5, 0.6) is 0 Å². The van der Waals surface area contributed by atoms with Gasteiger partial charge in [-0.1, -0.05) is 0 Å². The maximum atomic E-state index is 12.7. The first kappa shape index (κ1) is 20.0. The fraction of sp³-hybridized carbons (Fsp3) is 1.00. The molecular formula is C7F14O2. The van der Waals surface area contributed by atoms with Gasteiger partial charge < -0.3 is 0 Å². The van der Waals surface area contributed by atoms with E-state index in [4.69, 9.17) is 0 Å². The standard InChI is InChI=1S/C7F14O2/c8-1(9,4(13,14)15)2(10,11)5(16,17)23-7(20,21)3(12)6(18,19)22-3. The van der Waals surface area contributed by atoms with Crippen LogP contribution in [0.3, 0.4) is 0 Å². The molecule has 0 spiro atoms. The number of hydrogen-bond acceptors (Lipinski definition) is 2. The van der Waals surface area contributed by atoms with Crippen LogP contribution in [0.15, 0.2) is 0 Å². The Labute approximate surface area is 114 Å². The van der Waals surface area contributed by atoms with E-state index in [0.717, 1.165) is 0 Å². The average Bonchev–Trinajstić information content (AvgIpc) is 2.76. The van der Waals surface area contributed by atoms with Gasteiger partial charge in [0.25, 0.3) is 0 Å². The van der Waals surface area contributed by atoms with Crippen molar-refractivity contribution in [3.8, 4) is 0 Å². The number of halogens is 14. The van der Waals surface area contributed by atoms with Gasteiger partial charge in [-0.25, -0.2) is 4.74 Å². The minimum absolute atomic E-state index is 1.56. The van der Waals surface area contributed by atoms with Gasteiger partial charge in [0.2, 0.25) is 0 Å². The van der Waals surface area contributed by atoms with E-state index in [1.165, 1.54) is 0 Å². The highest BCUT2D eigenvalue weighted by molar-refractivity contribution is 5.03. The predicted octanol–water partition coefficient (Wildman–Crippen LogP) is 4.31. The highest BCUT2D eigenvalue weighted by Gasteiger charge is 2.93. The lowest BCUT2D eigenvalue weighted by atomic mass is 10.1. The Morgan fingerprint density at radius 3 is 1.26 bits per heavy atom. The summed E-state index contributed by atoms with van der Waals surface area (Å²) >= 11 is 0. The van der Waals surface area contributed by atoms with Gasteiger partial charge in [0.1, 0.15) is 0 Å². The Hall–Kier alpha value is -1.06. The Bertz CT molecular complexity index is 480. The normalized spacial score (nSPS) is 26.3. The van der Waals surface area contributed by atoms with Gasteiger partial charge >= 0.3 is 42.2 Å². The maximum Gasteiger partial charge on any atom is 0.460 e. The van der Waals surface area contributed by atoms with E-state index in [1.54, 1.807) is 4.74 Å². The van der Waals surface area contributed by atoms with Crippen LogP contribution in [0.4, 0.5) is 61.5 Å². The third kappa shape index (κ3) is 2.58. The van der Waals surface area contributed by atoms with E-state index in [9.17, 15) is 61.5 Å². The van der Waals surface area contributed by atoms with Crippen molar-refractivity contribution in [2.45, 2.75) is 42.2 Å². The zero-order chi connectivity index (χ0) is 18.9. The summed E-state index contributed by atoms with van der Waals surface area (Å²) in [5, 5.41) is 0. The van der Waals surface area contributed by atoms with Gasteiger partial charge in [-0.15, -0.1) is 0 Å². The van der Waals surface area contributed by atoms with Crippen molar-refractivity contribution in [2.75, 3.05) is 0 Å². The van der Waals surface area contributed by atoms with Crippen molar-refractivity contribution in [3.05, 3.63) is 0 Å². The molecule has 0 amide bonds. The molecule has 0 aromatic rings. The van der Waals surface area contributed by atoms with Crippen molar-refractivity contribution >= 4 is 0 Å². The Morgan fingerprint density at radius 2 is 1.00 bits per heavy atom. The first-order chi connectivity index (χ1) is 9.66. The van der Waals surface area contributed by atoms with Crippen molar-refractivity contribution < 1.29 is 70.9 Å². The zero-order valence-corrected chi connectivity index (χ0v) is 9.61. The van der Waals surface area contributed by atoms with Crippen molar-refractivity contribution in [3.63, 3.8) is 0 Å². The zero-order valence-electron chi connectivity index (χ0n) is 9.61. The largest absolute Gasteiger partial charge is 0.460 e. The molecule has 1 aliphatic heterocycles. The van der Waals surface area contributed by atoms with Crippen molar-refractivity contribution in [2.24, 2.45) is 0 Å². The monoisotopic (exact) mass is 382 g/mol. The number of rotatable bonds is 5. The van der Waals surface area contributed by atoms with Gasteiger partial charge in [0.05, 0.1) is 0 Å². The number of ether oxygens (including phenoxy) is 2. The fourth-order valence-corrected chi connectivity index (χ4v) is 1.03. The van der Waals surface area contributed by atoms with E-state index >= 15 is 0 Å². The molecule has 1 rings (SSSR count). The summed E-state index contributed by atoms with van der Waals surface area (Å²) in [4.78, 5) is 0. The number of alkyl halides is 14. The molecular weight excluding hydrogens is 382 g/mol. The number of epoxide rings is 1. The fourth-order valence-electron chi connectivity index (χ4n) is 1.03. The molecule has 0 aliphatic carbocycles. The minimum atomic E-state index is -7.71. The quantitative estimate of drug-likeness (QED) is 0.522. The van der Waals surface area contributed by atoms with E-state index in [0.29, 0.717) is 0 Å². The summed E-state index contributed by atoms with van der Waals surface area (Å²) in [5.74, 6) is -21.1. The van der Waals surface area contributed by atoms with Crippen LogP contribution in [-0.4, -0.2) is 42.2 Å². The second-order valence-corrected chi connectivity index (χ2v) is 4.00. The lowest BCUT2D eigenvalue weighted by Crippen LogP contribution is -2.63. The molecule has 2 nitrogen and oxygen atoms in total. The summed E-state index contributed by atoms with van der Waals surface area (Å²) in [6, 6.07) is 0. The summed E-state index contributed by atoms with van der Waals surface area (Å²) in [6.07, 6.45) is -27.0. The SMILES string of the molecule is FC(F)(F)C(F)(F)C(F)(F)C(F)(F)OC(F)(F)C1(F)OC1(F)F. The molecule has 1 saturated heterocycles. The highest BCUT2D eigenvalue weighted by Crippen LogP contribution is 2.63. The van der Waals surface area contributed by atoms with Crippen molar-refractivity contribution in [1.29, 1.82) is 0 Å². The Morgan fingerprint density at radius 1 is 0.652 bits per heavy atom. The molecule has 1 heterocycles. The van der Waals surface area contributed by atoms with Crippen LogP contribution in [0.2, 0.25) is 0 Å². The second-order valence-electron chi connectivity index (χ2n) is 4.00. The number of hydrogen-bond donors (Lipinski definition) is 0. The Kier molecular flexibility index (Phi) is 3.92. The maximum absolute atomic E-state index is 12.7. The van der Waals surface area contributed by atoms with Crippen LogP contribution in [0.1, 0.15) is 0 Å². The molecule has 0 aromatic carbocycles. The summed E-state index contributed by atoms with van der Waals surface area (Å²) < 4.78 is 176. The molecule has 0 bridgehead atoms. The summed E-state index contributed by atoms with van der Waals surface area (Å²) in [7, 11) is 0. The van der Waals surface area contributed by atoms with Crippen LogP contribution in [-0.2, 0) is 9.47 Å². The second kappa shape index (κ2) is 4.52. The van der Waals surface area contributed by atoms with Gasteiger partial charge in [0, 0.05) is 0 Å². The van der Waals surface area contributed by atoms with E-state index < -0.39 is 42.2 Å². The smallest absolute Gasteiger partial charge is 0.263 e. The van der Waals surface area contributed by atoms with Crippen LogP contribution >= 0.6 is 0 Å². The molecule has 0 radical (unpaired) electrons. The molecule has 1 fully saturated rings. The molecule has 1 unspecified atom stereocenters. The van der Waals surface area contributed by atoms with Crippen LogP contribution in [0, 0.1) is 0 Å². The highest BCUT2D eigenvalue weighted by atomic mass is 19.4. The molecule has 1 aliphatic rings. The minimum Gasteiger partial charge on any atom is -0.263 e. The molecule has 16 heteroatoms. The molecule has 0 aromatic heterocycles. The molecule has 0 N–H and O–H groups in total. The van der Waals surface area contributed by atoms with Gasteiger partial charge in [-0.05, 0) is 0 Å². The van der Waals surface area contributed by atoms with Crippen LogP contribution in [0.25, 0.3) is 0 Å². The van der Waals surface area contributed by atoms with Gasteiger partial charge in [-0.2, -0.15) is 61.5 Å². The molecule has 0 saturated carbocycles. The first-order valence-electron chi connectivity index (χ1n) is 4.71. The third-order valence-electron chi connectivity index (χ3n) is 2.35. The Balaban J connectivity index is 3.17. The topological polar surface area (TPSA) is 21.8 Å². The van der Waals surface area contributed by atoms with E-state index in [1.807, 2.05) is 0 Å².